The summed E-state index contributed by atoms with van der Waals surface area (Å²) in [6.45, 7) is 5.19. The van der Waals surface area contributed by atoms with E-state index >= 15 is 0 Å². The number of piperidine rings is 1. The lowest BCUT2D eigenvalue weighted by molar-refractivity contribution is -0.127. The molecule has 1 aromatic carbocycles. The van der Waals surface area contributed by atoms with Crippen LogP contribution >= 0.6 is 0 Å². The summed E-state index contributed by atoms with van der Waals surface area (Å²) < 4.78 is 7.74. The van der Waals surface area contributed by atoms with Crippen molar-refractivity contribution < 1.29 is 14.3 Å². The lowest BCUT2D eigenvalue weighted by Gasteiger charge is -2.33. The van der Waals surface area contributed by atoms with Gasteiger partial charge in [0.25, 0.3) is 5.91 Å². The van der Waals surface area contributed by atoms with Gasteiger partial charge in [-0.15, -0.1) is 0 Å². The number of hydrogen-bond donors (Lipinski definition) is 4. The van der Waals surface area contributed by atoms with Gasteiger partial charge in [0, 0.05) is 57.3 Å². The molecule has 214 valence electrons. The SMILES string of the molecule is NC(N)=NCCCN1CCC(n2cc3c(nc2=O)Nc2cc(C(=O)NCCCN4CCCC4=O)ccc2O3)CC1. The van der Waals surface area contributed by atoms with Crippen LogP contribution in [0.1, 0.15) is 54.9 Å². The van der Waals surface area contributed by atoms with Gasteiger partial charge in [-0.2, -0.15) is 4.98 Å². The van der Waals surface area contributed by atoms with E-state index < -0.39 is 0 Å². The monoisotopic (exact) mass is 551 g/mol. The first-order valence-corrected chi connectivity index (χ1v) is 13.9. The molecular formula is C27H37N9O4. The van der Waals surface area contributed by atoms with Crippen molar-refractivity contribution in [2.75, 3.05) is 51.1 Å². The highest BCUT2D eigenvalue weighted by atomic mass is 16.5. The summed E-state index contributed by atoms with van der Waals surface area (Å²) in [5, 5.41) is 6.05. The zero-order valence-corrected chi connectivity index (χ0v) is 22.6. The van der Waals surface area contributed by atoms with E-state index in [1.165, 1.54) is 0 Å². The molecular weight excluding hydrogens is 514 g/mol. The highest BCUT2D eigenvalue weighted by molar-refractivity contribution is 5.96. The molecule has 0 atom stereocenters. The van der Waals surface area contributed by atoms with E-state index in [4.69, 9.17) is 16.2 Å². The Morgan fingerprint density at radius 2 is 1.95 bits per heavy atom. The molecule has 2 amide bonds. The Bertz CT molecular complexity index is 1330. The summed E-state index contributed by atoms with van der Waals surface area (Å²) in [7, 11) is 0. The molecule has 2 aromatic rings. The second-order valence-electron chi connectivity index (χ2n) is 10.4. The van der Waals surface area contributed by atoms with Gasteiger partial charge >= 0.3 is 5.69 Å². The molecule has 0 radical (unpaired) electrons. The second-order valence-corrected chi connectivity index (χ2v) is 10.4. The van der Waals surface area contributed by atoms with Gasteiger partial charge in [-0.25, -0.2) is 4.79 Å². The molecule has 4 heterocycles. The molecule has 0 bridgehead atoms. The van der Waals surface area contributed by atoms with Crippen molar-refractivity contribution in [1.82, 2.24) is 24.7 Å². The van der Waals surface area contributed by atoms with Crippen LogP contribution < -0.4 is 32.5 Å². The lowest BCUT2D eigenvalue weighted by Crippen LogP contribution is -2.38. The molecule has 3 aliphatic heterocycles. The van der Waals surface area contributed by atoms with Crippen LogP contribution in [0, 0.1) is 0 Å². The van der Waals surface area contributed by atoms with Gasteiger partial charge in [-0.05, 0) is 56.8 Å². The largest absolute Gasteiger partial charge is 0.450 e. The number of aliphatic imine (C=N–C) groups is 1. The Hall–Kier alpha value is -4.13. The van der Waals surface area contributed by atoms with E-state index in [-0.39, 0.29) is 29.5 Å². The van der Waals surface area contributed by atoms with Crippen LogP contribution in [0.3, 0.4) is 0 Å². The first-order valence-electron chi connectivity index (χ1n) is 13.9. The average Bonchev–Trinajstić information content (AvgIpc) is 3.36. The molecule has 6 N–H and O–H groups in total. The van der Waals surface area contributed by atoms with E-state index in [0.29, 0.717) is 61.0 Å². The normalized spacial score (nSPS) is 17.0. The first kappa shape index (κ1) is 27.4. The minimum Gasteiger partial charge on any atom is -0.450 e. The molecule has 3 aliphatic rings. The minimum atomic E-state index is -0.338. The average molecular weight is 552 g/mol. The van der Waals surface area contributed by atoms with Gasteiger partial charge in [-0.3, -0.25) is 19.1 Å². The molecule has 0 spiro atoms. The number of hydrogen-bond acceptors (Lipinski definition) is 8. The molecule has 2 fully saturated rings. The van der Waals surface area contributed by atoms with Gasteiger partial charge in [0.05, 0.1) is 11.9 Å². The summed E-state index contributed by atoms with van der Waals surface area (Å²) in [5.74, 6) is 1.44. The molecule has 40 heavy (non-hydrogen) atoms. The third kappa shape index (κ3) is 6.53. The summed E-state index contributed by atoms with van der Waals surface area (Å²) in [4.78, 5) is 49.8. The van der Waals surface area contributed by atoms with Crippen LogP contribution in [0.4, 0.5) is 11.5 Å². The fraction of sp³-hybridized carbons (Fsp3) is 0.519. The molecule has 1 aromatic heterocycles. The number of amides is 2. The summed E-state index contributed by atoms with van der Waals surface area (Å²) in [5.41, 5.74) is 11.5. The maximum Gasteiger partial charge on any atom is 0.350 e. The van der Waals surface area contributed by atoms with Gasteiger partial charge in [-0.1, -0.05) is 0 Å². The van der Waals surface area contributed by atoms with Crippen LogP contribution in [-0.4, -0.2) is 82.9 Å². The number of nitrogens with zero attached hydrogens (tertiary/aromatic N) is 5. The third-order valence-electron chi connectivity index (χ3n) is 7.57. The quantitative estimate of drug-likeness (QED) is 0.164. The van der Waals surface area contributed by atoms with Crippen LogP contribution in [-0.2, 0) is 4.79 Å². The molecule has 13 nitrogen and oxygen atoms in total. The van der Waals surface area contributed by atoms with Crippen LogP contribution in [0.25, 0.3) is 0 Å². The van der Waals surface area contributed by atoms with Gasteiger partial charge < -0.3 is 36.6 Å². The number of aromatic nitrogens is 2. The number of guanidine groups is 1. The number of rotatable bonds is 10. The van der Waals surface area contributed by atoms with E-state index in [1.54, 1.807) is 29.0 Å². The van der Waals surface area contributed by atoms with E-state index in [1.807, 2.05) is 4.90 Å². The molecule has 5 rings (SSSR count). The Kier molecular flexibility index (Phi) is 8.48. The van der Waals surface area contributed by atoms with E-state index in [2.05, 4.69) is 25.5 Å². The van der Waals surface area contributed by atoms with Gasteiger partial charge in [0.2, 0.25) is 5.91 Å². The van der Waals surface area contributed by atoms with Gasteiger partial charge in [0.1, 0.15) is 0 Å². The van der Waals surface area contributed by atoms with Crippen molar-refractivity contribution in [2.45, 2.75) is 44.6 Å². The second kappa shape index (κ2) is 12.4. The predicted octanol–water partition coefficient (Wildman–Crippen LogP) is 1.14. The van der Waals surface area contributed by atoms with Crippen molar-refractivity contribution in [3.8, 4) is 11.5 Å². The number of carbonyl (C=O) groups excluding carboxylic acids is 2. The summed E-state index contributed by atoms with van der Waals surface area (Å²) in [6, 6.07) is 5.17. The van der Waals surface area contributed by atoms with E-state index in [9.17, 15) is 14.4 Å². The van der Waals surface area contributed by atoms with E-state index in [0.717, 1.165) is 51.9 Å². The van der Waals surface area contributed by atoms with Crippen molar-refractivity contribution in [1.29, 1.82) is 0 Å². The van der Waals surface area contributed by atoms with Crippen molar-refractivity contribution in [3.05, 3.63) is 40.4 Å². The smallest absolute Gasteiger partial charge is 0.350 e. The van der Waals surface area contributed by atoms with Crippen LogP contribution in [0.5, 0.6) is 11.5 Å². The number of benzene rings is 1. The minimum absolute atomic E-state index is 0.0407. The summed E-state index contributed by atoms with van der Waals surface area (Å²) >= 11 is 0. The third-order valence-corrected chi connectivity index (χ3v) is 7.57. The highest BCUT2D eigenvalue weighted by Gasteiger charge is 2.26. The van der Waals surface area contributed by atoms with Crippen LogP contribution in [0.15, 0.2) is 34.2 Å². The molecule has 13 heteroatoms. The molecule has 0 saturated carbocycles. The topological polar surface area (TPSA) is 173 Å². The molecule has 0 unspecified atom stereocenters. The lowest BCUT2D eigenvalue weighted by atomic mass is 10.0. The highest BCUT2D eigenvalue weighted by Crippen LogP contribution is 2.41. The maximum atomic E-state index is 12.9. The van der Waals surface area contributed by atoms with Crippen LogP contribution in [0.2, 0.25) is 0 Å². The Morgan fingerprint density at radius 3 is 2.70 bits per heavy atom. The Balaban J connectivity index is 1.15. The fourth-order valence-electron chi connectivity index (χ4n) is 5.42. The number of nitrogens with two attached hydrogens (primary N) is 2. The fourth-order valence-corrected chi connectivity index (χ4v) is 5.42. The Labute approximate surface area is 232 Å². The summed E-state index contributed by atoms with van der Waals surface area (Å²) in [6.07, 6.45) is 6.50. The number of likely N-dealkylation sites (tertiary alicyclic amines) is 2. The molecule has 0 aliphatic carbocycles. The Morgan fingerprint density at radius 1 is 1.12 bits per heavy atom. The predicted molar refractivity (Wildman–Crippen MR) is 151 cm³/mol. The number of fused-ring (bicyclic) bond motifs is 2. The number of nitrogens with one attached hydrogen (secondary N) is 2. The first-order chi connectivity index (χ1) is 19.4. The van der Waals surface area contributed by atoms with Crippen molar-refractivity contribution >= 4 is 29.3 Å². The number of ether oxygens (including phenoxy) is 1. The number of anilines is 2. The van der Waals surface area contributed by atoms with Gasteiger partial charge in [0.15, 0.2) is 23.3 Å². The van der Waals surface area contributed by atoms with Crippen molar-refractivity contribution in [3.63, 3.8) is 0 Å². The maximum absolute atomic E-state index is 12.9. The molecule has 2 saturated heterocycles. The van der Waals surface area contributed by atoms with Crippen molar-refractivity contribution in [2.24, 2.45) is 16.5 Å². The standard InChI is InChI=1S/C27H37N9O4/c28-26(29)31-10-2-11-34-14-7-19(8-15-34)36-17-22-24(33-27(36)39)32-20-16-18(5-6-21(20)40-22)25(38)30-9-3-13-35-12-1-4-23(35)37/h5-6,16-17,19H,1-4,7-15H2,(H,30,38)(H4,28,29,31)(H,32,33,39). The zero-order valence-electron chi connectivity index (χ0n) is 22.6. The number of carbonyl (C=O) groups is 2. The zero-order chi connectivity index (χ0) is 28.1.